The summed E-state index contributed by atoms with van der Waals surface area (Å²) < 4.78 is 0.923. The molecule has 1 unspecified atom stereocenters. The van der Waals surface area contributed by atoms with Crippen LogP contribution in [0, 0.1) is 0 Å². The number of benzene rings is 1. The van der Waals surface area contributed by atoms with Crippen LogP contribution in [0.25, 0.3) is 0 Å². The van der Waals surface area contributed by atoms with E-state index in [-0.39, 0.29) is 11.9 Å². The summed E-state index contributed by atoms with van der Waals surface area (Å²) in [6, 6.07) is 5.56. The molecular weight excluding hydrogens is 328 g/mol. The molecule has 1 aliphatic rings. The van der Waals surface area contributed by atoms with E-state index in [1.165, 1.54) is 0 Å². The van der Waals surface area contributed by atoms with Crippen molar-refractivity contribution in [3.63, 3.8) is 0 Å². The van der Waals surface area contributed by atoms with Crippen LogP contribution in [-0.4, -0.2) is 25.0 Å². The van der Waals surface area contributed by atoms with Gasteiger partial charge in [0.05, 0.1) is 16.8 Å². The van der Waals surface area contributed by atoms with Crippen molar-refractivity contribution in [3.8, 4) is 0 Å². The van der Waals surface area contributed by atoms with Gasteiger partial charge in [0.2, 0.25) is 5.91 Å². The van der Waals surface area contributed by atoms with Gasteiger partial charge in [-0.3, -0.25) is 4.79 Å². The quantitative estimate of drug-likeness (QED) is 0.904. The molecule has 0 spiro atoms. The molecule has 0 bridgehead atoms. The molecule has 0 saturated carbocycles. The van der Waals surface area contributed by atoms with Crippen LogP contribution in [-0.2, 0) is 4.79 Å². The van der Waals surface area contributed by atoms with Crippen LogP contribution >= 0.6 is 27.5 Å². The molecule has 1 aliphatic heterocycles. The Kier molecular flexibility index (Phi) is 5.25. The van der Waals surface area contributed by atoms with E-state index in [0.717, 1.165) is 42.5 Å². The fraction of sp³-hybridized carbons (Fsp3) is 0.500. The minimum atomic E-state index is -0.0755. The van der Waals surface area contributed by atoms with Crippen molar-refractivity contribution in [2.45, 2.75) is 32.2 Å². The summed E-state index contributed by atoms with van der Waals surface area (Å²) in [7, 11) is 0. The van der Waals surface area contributed by atoms with Gasteiger partial charge in [-0.1, -0.05) is 34.5 Å². The van der Waals surface area contributed by atoms with E-state index in [4.69, 9.17) is 11.6 Å². The predicted octanol–water partition coefficient (Wildman–Crippen LogP) is 3.60. The lowest BCUT2D eigenvalue weighted by Gasteiger charge is -2.33. The third-order valence-corrected chi connectivity index (χ3v) is 4.08. The van der Waals surface area contributed by atoms with E-state index >= 15 is 0 Å². The Labute approximate surface area is 127 Å². The molecule has 0 aromatic heterocycles. The molecule has 2 rings (SSSR count). The average Bonchev–Trinajstić information content (AvgIpc) is 2.38. The Bertz CT molecular complexity index is 467. The molecule has 1 saturated heterocycles. The van der Waals surface area contributed by atoms with Gasteiger partial charge in [-0.05, 0) is 44.0 Å². The Morgan fingerprint density at radius 2 is 2.32 bits per heavy atom. The van der Waals surface area contributed by atoms with Crippen LogP contribution in [0.3, 0.4) is 0 Å². The fourth-order valence-electron chi connectivity index (χ4n) is 2.32. The van der Waals surface area contributed by atoms with Gasteiger partial charge in [0.25, 0.3) is 0 Å². The van der Waals surface area contributed by atoms with Crippen LogP contribution < -0.4 is 10.2 Å². The highest BCUT2D eigenvalue weighted by Crippen LogP contribution is 2.31. The minimum absolute atomic E-state index is 0.0755. The maximum absolute atomic E-state index is 12.5. The smallest absolute Gasteiger partial charge is 0.244 e. The van der Waals surface area contributed by atoms with Crippen molar-refractivity contribution in [1.29, 1.82) is 0 Å². The Morgan fingerprint density at radius 3 is 3.00 bits per heavy atom. The maximum atomic E-state index is 12.5. The highest BCUT2D eigenvalue weighted by Gasteiger charge is 2.29. The number of piperidine rings is 1. The molecule has 0 radical (unpaired) electrons. The van der Waals surface area contributed by atoms with Crippen molar-refractivity contribution in [2.75, 3.05) is 18.0 Å². The van der Waals surface area contributed by atoms with Gasteiger partial charge in [-0.15, -0.1) is 0 Å². The topological polar surface area (TPSA) is 32.3 Å². The lowest BCUT2D eigenvalue weighted by atomic mass is 10.0. The van der Waals surface area contributed by atoms with Crippen molar-refractivity contribution >= 4 is 39.1 Å². The Hall–Kier alpha value is -0.580. The molecule has 19 heavy (non-hydrogen) atoms. The number of hydrogen-bond donors (Lipinski definition) is 1. The van der Waals surface area contributed by atoms with E-state index in [1.807, 2.05) is 18.2 Å². The van der Waals surface area contributed by atoms with Crippen LogP contribution in [0.2, 0.25) is 5.02 Å². The molecule has 5 heteroatoms. The summed E-state index contributed by atoms with van der Waals surface area (Å²) in [5, 5.41) is 3.92. The first-order valence-corrected chi connectivity index (χ1v) is 7.80. The zero-order valence-electron chi connectivity index (χ0n) is 11.0. The molecule has 1 amide bonds. The number of anilines is 1. The van der Waals surface area contributed by atoms with E-state index in [2.05, 4.69) is 28.2 Å². The van der Waals surface area contributed by atoms with E-state index in [1.54, 1.807) is 4.90 Å². The van der Waals surface area contributed by atoms with Gasteiger partial charge >= 0.3 is 0 Å². The summed E-state index contributed by atoms with van der Waals surface area (Å²) >= 11 is 9.62. The first-order chi connectivity index (χ1) is 9.13. The number of halogens is 2. The van der Waals surface area contributed by atoms with Crippen molar-refractivity contribution in [2.24, 2.45) is 0 Å². The van der Waals surface area contributed by atoms with Gasteiger partial charge in [0, 0.05) is 11.0 Å². The van der Waals surface area contributed by atoms with Gasteiger partial charge in [0.15, 0.2) is 0 Å². The molecule has 1 aromatic carbocycles. The second-order valence-electron chi connectivity index (χ2n) is 4.73. The molecule has 3 nitrogen and oxygen atoms in total. The van der Waals surface area contributed by atoms with Crippen LogP contribution in [0.1, 0.15) is 26.2 Å². The standard InChI is InChI=1S/C14H18BrClN2O/c1-2-7-17-12-4-3-8-18(14(12)19)13-6-5-10(15)9-11(13)16/h5-6,9,12,17H,2-4,7-8H2,1H3. The van der Waals surface area contributed by atoms with Gasteiger partial charge in [-0.25, -0.2) is 0 Å². The van der Waals surface area contributed by atoms with Crippen molar-refractivity contribution in [1.82, 2.24) is 5.32 Å². The fourth-order valence-corrected chi connectivity index (χ4v) is 3.10. The normalized spacial score (nSPS) is 19.8. The van der Waals surface area contributed by atoms with E-state index in [9.17, 15) is 4.79 Å². The lowest BCUT2D eigenvalue weighted by Crippen LogP contribution is -2.51. The number of rotatable bonds is 4. The molecule has 1 heterocycles. The van der Waals surface area contributed by atoms with Crippen LogP contribution in [0.4, 0.5) is 5.69 Å². The summed E-state index contributed by atoms with van der Waals surface area (Å²) in [5.74, 6) is 0.129. The second-order valence-corrected chi connectivity index (χ2v) is 6.06. The lowest BCUT2D eigenvalue weighted by molar-refractivity contribution is -0.121. The molecule has 1 fully saturated rings. The van der Waals surface area contributed by atoms with Gasteiger partial charge < -0.3 is 10.2 Å². The maximum Gasteiger partial charge on any atom is 0.244 e. The number of nitrogens with one attached hydrogen (secondary N) is 1. The van der Waals surface area contributed by atoms with Crippen LogP contribution in [0.5, 0.6) is 0 Å². The van der Waals surface area contributed by atoms with Crippen molar-refractivity contribution in [3.05, 3.63) is 27.7 Å². The molecule has 0 aliphatic carbocycles. The minimum Gasteiger partial charge on any atom is -0.310 e. The second kappa shape index (κ2) is 6.73. The zero-order chi connectivity index (χ0) is 13.8. The molecule has 1 N–H and O–H groups in total. The average molecular weight is 346 g/mol. The van der Waals surface area contributed by atoms with Gasteiger partial charge in [0.1, 0.15) is 0 Å². The van der Waals surface area contributed by atoms with E-state index in [0.29, 0.717) is 5.02 Å². The third-order valence-electron chi connectivity index (χ3n) is 3.28. The number of amides is 1. The Balaban J connectivity index is 2.17. The first kappa shape index (κ1) is 14.8. The first-order valence-electron chi connectivity index (χ1n) is 6.63. The monoisotopic (exact) mass is 344 g/mol. The highest BCUT2D eigenvalue weighted by atomic mass is 79.9. The number of hydrogen-bond acceptors (Lipinski definition) is 2. The number of carbonyl (C=O) groups excluding carboxylic acids is 1. The van der Waals surface area contributed by atoms with E-state index < -0.39 is 0 Å². The predicted molar refractivity (Wildman–Crippen MR) is 82.8 cm³/mol. The number of carbonyl (C=O) groups is 1. The third kappa shape index (κ3) is 3.50. The molecule has 104 valence electrons. The summed E-state index contributed by atoms with van der Waals surface area (Å²) in [5.41, 5.74) is 0.804. The zero-order valence-corrected chi connectivity index (χ0v) is 13.3. The highest BCUT2D eigenvalue weighted by molar-refractivity contribution is 9.10. The SMILES string of the molecule is CCCNC1CCCN(c2ccc(Br)cc2Cl)C1=O. The summed E-state index contributed by atoms with van der Waals surface area (Å²) in [4.78, 5) is 14.3. The number of nitrogens with zero attached hydrogens (tertiary/aromatic N) is 1. The summed E-state index contributed by atoms with van der Waals surface area (Å²) in [6.45, 7) is 3.71. The Morgan fingerprint density at radius 1 is 1.53 bits per heavy atom. The molecular formula is C14H18BrClN2O. The van der Waals surface area contributed by atoms with Gasteiger partial charge in [-0.2, -0.15) is 0 Å². The summed E-state index contributed by atoms with van der Waals surface area (Å²) in [6.07, 6.45) is 2.94. The largest absolute Gasteiger partial charge is 0.310 e. The van der Waals surface area contributed by atoms with Crippen molar-refractivity contribution < 1.29 is 4.79 Å². The molecule has 1 atom stereocenters. The van der Waals surface area contributed by atoms with Crippen LogP contribution in [0.15, 0.2) is 22.7 Å². The molecule has 1 aromatic rings.